The number of carbonyl (C=O) groups excluding carboxylic acids is 1. The molecule has 9 heteroatoms. The molecule has 2 aromatic carbocycles. The van der Waals surface area contributed by atoms with Crippen LogP contribution in [0.4, 0.5) is 0 Å². The van der Waals surface area contributed by atoms with Crippen molar-refractivity contribution in [2.45, 2.75) is 20.1 Å². The second kappa shape index (κ2) is 8.24. The van der Waals surface area contributed by atoms with E-state index in [9.17, 15) is 4.79 Å². The predicted octanol–water partition coefficient (Wildman–Crippen LogP) is 3.23. The number of nitrogens with zero attached hydrogens (tertiary/aromatic N) is 6. The molecule has 2 heterocycles. The van der Waals surface area contributed by atoms with Gasteiger partial charge in [-0.1, -0.05) is 60.1 Å². The summed E-state index contributed by atoms with van der Waals surface area (Å²) in [6.45, 7) is 2.08. The molecular formula is C20H17ClN6O2. The van der Waals surface area contributed by atoms with Crippen LogP contribution in [0.3, 0.4) is 0 Å². The third-order valence-corrected chi connectivity index (χ3v) is 4.70. The molecule has 0 bridgehead atoms. The number of hydrogen-bond acceptors (Lipinski definition) is 6. The summed E-state index contributed by atoms with van der Waals surface area (Å²) in [6.07, 6.45) is 0. The Kier molecular flexibility index (Phi) is 5.35. The molecular weight excluding hydrogens is 392 g/mol. The molecule has 0 atom stereocenters. The molecule has 0 aliphatic rings. The van der Waals surface area contributed by atoms with E-state index in [0.29, 0.717) is 18.1 Å². The molecule has 2 aromatic heterocycles. The summed E-state index contributed by atoms with van der Waals surface area (Å²) < 4.78 is 8.51. The van der Waals surface area contributed by atoms with Crippen LogP contribution >= 0.6 is 11.6 Å². The van der Waals surface area contributed by atoms with Gasteiger partial charge in [0.25, 0.3) is 0 Å². The zero-order valence-corrected chi connectivity index (χ0v) is 16.3. The van der Waals surface area contributed by atoms with Crippen molar-refractivity contribution in [2.75, 3.05) is 0 Å². The summed E-state index contributed by atoms with van der Waals surface area (Å²) in [4.78, 5) is 12.7. The second-order valence-electron chi connectivity index (χ2n) is 6.31. The maximum Gasteiger partial charge on any atom is 0.343 e. The molecule has 0 saturated heterocycles. The highest BCUT2D eigenvalue weighted by atomic mass is 35.5. The number of para-hydroxylation sites is 1. The van der Waals surface area contributed by atoms with E-state index in [1.165, 1.54) is 4.68 Å². The number of halogens is 1. The van der Waals surface area contributed by atoms with Crippen LogP contribution in [0.1, 0.15) is 27.4 Å². The van der Waals surface area contributed by atoms with Crippen LogP contribution < -0.4 is 0 Å². The Morgan fingerprint density at radius 3 is 2.48 bits per heavy atom. The number of aromatic nitrogens is 6. The number of hydrogen-bond donors (Lipinski definition) is 0. The smallest absolute Gasteiger partial charge is 0.343 e. The van der Waals surface area contributed by atoms with E-state index >= 15 is 0 Å². The summed E-state index contributed by atoms with van der Waals surface area (Å²) in [5, 5.41) is 16.2. The molecule has 8 nitrogen and oxygen atoms in total. The maximum absolute atomic E-state index is 12.7. The maximum atomic E-state index is 12.7. The lowest BCUT2D eigenvalue weighted by Gasteiger charge is -2.06. The second-order valence-corrected chi connectivity index (χ2v) is 6.67. The number of esters is 1. The van der Waals surface area contributed by atoms with Crippen molar-refractivity contribution in [1.82, 2.24) is 30.0 Å². The number of benzene rings is 2. The third kappa shape index (κ3) is 4.02. The molecule has 146 valence electrons. The van der Waals surface area contributed by atoms with E-state index in [-0.39, 0.29) is 17.3 Å². The number of aryl methyl sites for hydroxylation is 1. The van der Waals surface area contributed by atoms with Gasteiger partial charge in [-0.15, -0.1) is 5.10 Å². The lowest BCUT2D eigenvalue weighted by atomic mass is 10.2. The van der Waals surface area contributed by atoms with E-state index in [1.807, 2.05) is 60.7 Å². The van der Waals surface area contributed by atoms with Crippen molar-refractivity contribution in [3.05, 3.63) is 88.5 Å². The van der Waals surface area contributed by atoms with Gasteiger partial charge in [0.1, 0.15) is 10.7 Å². The van der Waals surface area contributed by atoms with Crippen LogP contribution in [0.15, 0.2) is 60.7 Å². The minimum absolute atomic E-state index is 0.0969. The minimum atomic E-state index is -0.575. The largest absolute Gasteiger partial charge is 0.454 e. The van der Waals surface area contributed by atoms with Crippen molar-refractivity contribution in [1.29, 1.82) is 0 Å². The molecule has 4 rings (SSSR count). The van der Waals surface area contributed by atoms with Crippen LogP contribution in [0.25, 0.3) is 5.69 Å². The van der Waals surface area contributed by atoms with Crippen molar-refractivity contribution in [2.24, 2.45) is 0 Å². The van der Waals surface area contributed by atoms with Crippen LogP contribution in [0.5, 0.6) is 0 Å². The quantitative estimate of drug-likeness (QED) is 0.455. The zero-order valence-electron chi connectivity index (χ0n) is 15.6. The van der Waals surface area contributed by atoms with E-state index in [2.05, 4.69) is 20.6 Å². The van der Waals surface area contributed by atoms with Gasteiger partial charge in [0.2, 0.25) is 0 Å². The predicted molar refractivity (Wildman–Crippen MR) is 106 cm³/mol. The molecule has 0 aliphatic heterocycles. The van der Waals surface area contributed by atoms with Crippen LogP contribution in [0.2, 0.25) is 5.15 Å². The van der Waals surface area contributed by atoms with E-state index in [4.69, 9.17) is 16.3 Å². The molecule has 0 radical (unpaired) electrons. The highest BCUT2D eigenvalue weighted by Crippen LogP contribution is 2.22. The molecule has 0 N–H and O–H groups in total. The molecule has 4 aromatic rings. The van der Waals surface area contributed by atoms with Gasteiger partial charge in [-0.3, -0.25) is 0 Å². The van der Waals surface area contributed by atoms with Gasteiger partial charge >= 0.3 is 5.97 Å². The fraction of sp³-hybridized carbons (Fsp3) is 0.150. The van der Waals surface area contributed by atoms with E-state index in [1.54, 1.807) is 11.6 Å². The molecule has 0 amide bonds. The SMILES string of the molecule is Cc1nn(Cc2ccccc2)c(Cl)c1C(=O)OCc1nnnn1-c1ccccc1. The molecule has 0 saturated carbocycles. The van der Waals surface area contributed by atoms with Gasteiger partial charge in [-0.2, -0.15) is 9.78 Å². The Hall–Kier alpha value is -3.52. The van der Waals surface area contributed by atoms with Gasteiger partial charge < -0.3 is 4.74 Å². The van der Waals surface area contributed by atoms with Gasteiger partial charge in [0.15, 0.2) is 12.4 Å². The Bertz CT molecular complexity index is 1120. The number of rotatable bonds is 6. The Morgan fingerprint density at radius 2 is 1.76 bits per heavy atom. The Balaban J connectivity index is 1.49. The summed E-state index contributed by atoms with van der Waals surface area (Å²) in [5.41, 5.74) is 2.53. The third-order valence-electron chi connectivity index (χ3n) is 4.31. The topological polar surface area (TPSA) is 87.7 Å². The normalized spacial score (nSPS) is 10.8. The average molecular weight is 409 g/mol. The minimum Gasteiger partial charge on any atom is -0.454 e. The Labute approximate surface area is 171 Å². The average Bonchev–Trinajstić information content (AvgIpc) is 3.32. The van der Waals surface area contributed by atoms with Crippen molar-refractivity contribution >= 4 is 17.6 Å². The van der Waals surface area contributed by atoms with Gasteiger partial charge in [0, 0.05) is 0 Å². The van der Waals surface area contributed by atoms with E-state index in [0.717, 1.165) is 11.3 Å². The summed E-state index contributed by atoms with van der Waals surface area (Å²) >= 11 is 6.42. The fourth-order valence-corrected chi connectivity index (χ4v) is 3.23. The van der Waals surface area contributed by atoms with Gasteiger partial charge in [-0.25, -0.2) is 9.48 Å². The first-order valence-corrected chi connectivity index (χ1v) is 9.28. The first kappa shape index (κ1) is 18.8. The number of ether oxygens (including phenoxy) is 1. The number of tetrazole rings is 1. The van der Waals surface area contributed by atoms with E-state index < -0.39 is 5.97 Å². The highest BCUT2D eigenvalue weighted by Gasteiger charge is 2.22. The highest BCUT2D eigenvalue weighted by molar-refractivity contribution is 6.32. The number of carbonyl (C=O) groups is 1. The Morgan fingerprint density at radius 1 is 1.07 bits per heavy atom. The molecule has 0 fully saturated rings. The molecule has 0 aliphatic carbocycles. The fourth-order valence-electron chi connectivity index (χ4n) is 2.91. The molecule has 0 spiro atoms. The zero-order chi connectivity index (χ0) is 20.2. The lowest BCUT2D eigenvalue weighted by molar-refractivity contribution is 0.0459. The van der Waals surface area contributed by atoms with Gasteiger partial charge in [-0.05, 0) is 35.0 Å². The summed E-state index contributed by atoms with van der Waals surface area (Å²) in [7, 11) is 0. The standard InChI is InChI=1S/C20H17ClN6O2/c1-14-18(19(21)26(23-14)12-15-8-4-2-5-9-15)20(28)29-13-17-22-24-25-27(17)16-10-6-3-7-11-16/h2-11H,12-13H2,1H3. The lowest BCUT2D eigenvalue weighted by Crippen LogP contribution is -2.11. The summed E-state index contributed by atoms with van der Waals surface area (Å²) in [6, 6.07) is 19.1. The van der Waals surface area contributed by atoms with Crippen LogP contribution in [-0.2, 0) is 17.9 Å². The first-order chi connectivity index (χ1) is 14.1. The molecule has 29 heavy (non-hydrogen) atoms. The van der Waals surface area contributed by atoms with Crippen molar-refractivity contribution in [3.8, 4) is 5.69 Å². The first-order valence-electron chi connectivity index (χ1n) is 8.90. The summed E-state index contributed by atoms with van der Waals surface area (Å²) in [5.74, 6) is -0.176. The van der Waals surface area contributed by atoms with Crippen LogP contribution in [-0.4, -0.2) is 36.0 Å². The van der Waals surface area contributed by atoms with Gasteiger partial charge in [0.05, 0.1) is 17.9 Å². The van der Waals surface area contributed by atoms with Crippen molar-refractivity contribution in [3.63, 3.8) is 0 Å². The van der Waals surface area contributed by atoms with Crippen molar-refractivity contribution < 1.29 is 9.53 Å². The monoisotopic (exact) mass is 408 g/mol. The van der Waals surface area contributed by atoms with Crippen LogP contribution in [0, 0.1) is 6.92 Å². The molecule has 0 unspecified atom stereocenters.